The van der Waals surface area contributed by atoms with Gasteiger partial charge in [-0.1, -0.05) is 12.1 Å². The second-order valence-electron chi connectivity index (χ2n) is 13.0. The fourth-order valence-electron chi connectivity index (χ4n) is 6.73. The molecule has 0 spiro atoms. The predicted molar refractivity (Wildman–Crippen MR) is 161 cm³/mol. The van der Waals surface area contributed by atoms with Crippen molar-refractivity contribution in [1.29, 1.82) is 0 Å². The first-order valence-corrected chi connectivity index (χ1v) is 17.0. The van der Waals surface area contributed by atoms with Crippen LogP contribution in [0.2, 0.25) is 0 Å². The molecule has 1 saturated heterocycles. The highest BCUT2D eigenvalue weighted by molar-refractivity contribution is 7.91. The van der Waals surface area contributed by atoms with Crippen LogP contribution in [0.5, 0.6) is 5.75 Å². The van der Waals surface area contributed by atoms with Gasteiger partial charge in [0.2, 0.25) is 5.91 Å². The van der Waals surface area contributed by atoms with Crippen molar-refractivity contribution in [1.82, 2.24) is 5.32 Å². The summed E-state index contributed by atoms with van der Waals surface area (Å²) < 4.78 is 58.5. The van der Waals surface area contributed by atoms with Crippen molar-refractivity contribution in [3.63, 3.8) is 0 Å². The van der Waals surface area contributed by atoms with E-state index < -0.39 is 55.1 Å². The van der Waals surface area contributed by atoms with Gasteiger partial charge in [-0.15, -0.1) is 0 Å². The summed E-state index contributed by atoms with van der Waals surface area (Å²) in [4.78, 5) is 40.8. The maximum Gasteiger partial charge on any atom is 0.312 e. The number of sulfone groups is 1. The molecule has 2 heterocycles. The van der Waals surface area contributed by atoms with E-state index in [2.05, 4.69) is 5.32 Å². The molecule has 13 heteroatoms. The van der Waals surface area contributed by atoms with Crippen molar-refractivity contribution in [2.75, 3.05) is 23.9 Å². The predicted octanol–water partition coefficient (Wildman–Crippen LogP) is 3.03. The van der Waals surface area contributed by atoms with Gasteiger partial charge >= 0.3 is 5.97 Å². The molecule has 0 unspecified atom stereocenters. The third-order valence-corrected chi connectivity index (χ3v) is 11.3. The van der Waals surface area contributed by atoms with Gasteiger partial charge in [-0.2, -0.15) is 0 Å². The van der Waals surface area contributed by atoms with Crippen molar-refractivity contribution in [3.8, 4) is 5.75 Å². The lowest BCUT2D eigenvalue weighted by Gasteiger charge is -2.52. The van der Waals surface area contributed by atoms with E-state index in [1.54, 1.807) is 24.3 Å². The third-order valence-electron chi connectivity index (χ3n) is 9.48. The van der Waals surface area contributed by atoms with Gasteiger partial charge in [-0.05, 0) is 82.2 Å². The number of hydrogen-bond acceptors (Lipinski definition) is 9. The van der Waals surface area contributed by atoms with Crippen molar-refractivity contribution >= 4 is 33.3 Å². The van der Waals surface area contributed by atoms with E-state index in [0.29, 0.717) is 63.1 Å². The fourth-order valence-corrected chi connectivity index (χ4v) is 8.30. The highest BCUT2D eigenvalue weighted by atomic mass is 32.2. The summed E-state index contributed by atoms with van der Waals surface area (Å²) in [5.41, 5.74) is 4.97. The molecular formula is C32H38FN3O8S. The molecular weight excluding hydrogens is 605 g/mol. The molecule has 2 bridgehead atoms. The summed E-state index contributed by atoms with van der Waals surface area (Å²) in [5, 5.41) is 3.00. The maximum absolute atomic E-state index is 15.6. The number of rotatable bonds is 8. The monoisotopic (exact) mass is 643 g/mol. The average molecular weight is 644 g/mol. The summed E-state index contributed by atoms with van der Waals surface area (Å²) in [5.74, 6) is -2.68. The van der Waals surface area contributed by atoms with Crippen LogP contribution in [-0.4, -0.2) is 69.0 Å². The average Bonchev–Trinajstić information content (AvgIpc) is 3.04. The van der Waals surface area contributed by atoms with Crippen LogP contribution in [0.1, 0.15) is 68.3 Å². The van der Waals surface area contributed by atoms with E-state index >= 15 is 4.39 Å². The third kappa shape index (κ3) is 6.05. The van der Waals surface area contributed by atoms with E-state index in [4.69, 9.17) is 19.9 Å². The zero-order valence-corrected chi connectivity index (χ0v) is 26.2. The Balaban J connectivity index is 1.25. The Hall–Kier alpha value is -3.55. The number of ether oxygens (including phenoxy) is 3. The minimum atomic E-state index is -4.16. The number of carbonyl (C=O) groups excluding carboxylic acids is 3. The molecule has 3 aliphatic carbocycles. The molecule has 0 radical (unpaired) electrons. The fraction of sp³-hybridized carbons (Fsp3) is 0.531. The highest BCUT2D eigenvalue weighted by Crippen LogP contribution is 2.53. The number of amides is 2. The Morgan fingerprint density at radius 2 is 1.73 bits per heavy atom. The number of benzene rings is 2. The Morgan fingerprint density at radius 3 is 2.31 bits per heavy atom. The summed E-state index contributed by atoms with van der Waals surface area (Å²) in [6.45, 7) is 4.55. The van der Waals surface area contributed by atoms with E-state index in [9.17, 15) is 22.8 Å². The topological polar surface area (TPSA) is 154 Å². The molecule has 2 aromatic carbocycles. The smallest absolute Gasteiger partial charge is 0.312 e. The van der Waals surface area contributed by atoms with Crippen LogP contribution >= 0.6 is 0 Å². The lowest BCUT2D eigenvalue weighted by atomic mass is 9.57. The first-order valence-electron chi connectivity index (χ1n) is 15.3. The van der Waals surface area contributed by atoms with E-state index in [0.717, 1.165) is 12.1 Å². The van der Waals surface area contributed by atoms with Crippen LogP contribution in [0.25, 0.3) is 0 Å². The van der Waals surface area contributed by atoms with E-state index in [-0.39, 0.29) is 36.0 Å². The maximum atomic E-state index is 15.6. The van der Waals surface area contributed by atoms with E-state index in [1.165, 1.54) is 4.90 Å². The number of nitrogens with two attached hydrogens (primary N) is 1. The zero-order valence-electron chi connectivity index (χ0n) is 25.3. The minimum absolute atomic E-state index is 0.0362. The summed E-state index contributed by atoms with van der Waals surface area (Å²) >= 11 is 0. The summed E-state index contributed by atoms with van der Waals surface area (Å²) in [6, 6.07) is 7.53. The molecule has 2 amide bonds. The van der Waals surface area contributed by atoms with Crippen molar-refractivity contribution < 1.29 is 41.4 Å². The molecule has 2 aromatic rings. The zero-order chi connectivity index (χ0) is 32.1. The Kier molecular flexibility index (Phi) is 8.15. The van der Waals surface area contributed by atoms with Crippen LogP contribution in [-0.2, 0) is 35.4 Å². The minimum Gasteiger partial charge on any atom is -0.491 e. The molecule has 45 heavy (non-hydrogen) atoms. The summed E-state index contributed by atoms with van der Waals surface area (Å²) in [6.07, 6.45) is 2.91. The van der Waals surface area contributed by atoms with Gasteiger partial charge in [-0.3, -0.25) is 14.4 Å². The Bertz CT molecular complexity index is 1600. The number of nitrogens with one attached hydrogen (secondary N) is 1. The molecule has 3 saturated carbocycles. The molecule has 242 valence electrons. The number of fused-ring (bicyclic) bond motifs is 4. The molecule has 4 fully saturated rings. The van der Waals surface area contributed by atoms with Crippen LogP contribution in [0.15, 0.2) is 41.3 Å². The lowest BCUT2D eigenvalue weighted by Crippen LogP contribution is -2.59. The molecule has 0 aromatic heterocycles. The second kappa shape index (κ2) is 11.7. The summed E-state index contributed by atoms with van der Waals surface area (Å²) in [7, 11) is -4.16. The molecule has 7 rings (SSSR count). The lowest BCUT2D eigenvalue weighted by molar-refractivity contribution is -0.189. The number of nitrogens with zero attached hydrogens (tertiary/aromatic N) is 1. The first-order chi connectivity index (χ1) is 21.3. The number of anilines is 1. The van der Waals surface area contributed by atoms with Gasteiger partial charge in [0.15, 0.2) is 9.84 Å². The molecule has 5 aliphatic rings. The van der Waals surface area contributed by atoms with Gasteiger partial charge in [0, 0.05) is 5.54 Å². The largest absolute Gasteiger partial charge is 0.491 e. The Morgan fingerprint density at radius 1 is 1.09 bits per heavy atom. The van der Waals surface area contributed by atoms with Gasteiger partial charge < -0.3 is 30.2 Å². The number of carbonyl (C=O) groups is 3. The van der Waals surface area contributed by atoms with Crippen LogP contribution in [0, 0.1) is 11.2 Å². The SMILES string of the molecule is CC(C)Oc1ccc(CN2C(=O)[C@@H](N)CS(=O)(=O)c3cc(F)c(C(=O)NC45CCC(C(=O)OC6COC6)(CC4)CC5)cc32)cc1. The number of esters is 1. The van der Waals surface area contributed by atoms with Gasteiger partial charge in [0.05, 0.1) is 59.2 Å². The van der Waals surface area contributed by atoms with Gasteiger partial charge in [-0.25, -0.2) is 12.8 Å². The molecule has 1 atom stereocenters. The van der Waals surface area contributed by atoms with Crippen LogP contribution in [0.4, 0.5) is 10.1 Å². The molecule has 2 aliphatic heterocycles. The first kappa shape index (κ1) is 31.4. The van der Waals surface area contributed by atoms with Crippen LogP contribution in [0.3, 0.4) is 0 Å². The Labute approximate surface area is 261 Å². The van der Waals surface area contributed by atoms with E-state index in [1.807, 2.05) is 13.8 Å². The second-order valence-corrected chi connectivity index (χ2v) is 15.0. The normalized spacial score (nSPS) is 27.4. The van der Waals surface area contributed by atoms with Crippen molar-refractivity contribution in [2.45, 2.75) is 87.6 Å². The standard InChI is InChI=1S/C32H38FN3O8S/c1-19(2)43-21-5-3-20(4-6-21)15-36-26-13-23(24(33)14-27(26)45(40,41)18-25(34)29(36)38)28(37)35-32-10-7-31(8-11-32,9-12-32)30(39)44-22-16-42-17-22/h3-6,13-14,19,22,25H,7-12,15-18,34H2,1-2H3,(H,35,37)/t25-,31?,32?/m0/s1. The highest BCUT2D eigenvalue weighted by Gasteiger charge is 2.54. The van der Waals surface area contributed by atoms with Gasteiger partial charge in [0.1, 0.15) is 17.7 Å². The molecule has 3 N–H and O–H groups in total. The number of halogens is 1. The van der Waals surface area contributed by atoms with Crippen LogP contribution < -0.4 is 20.7 Å². The van der Waals surface area contributed by atoms with Crippen molar-refractivity contribution in [3.05, 3.63) is 53.3 Å². The molecule has 11 nitrogen and oxygen atoms in total. The number of hydrogen-bond donors (Lipinski definition) is 2. The van der Waals surface area contributed by atoms with Gasteiger partial charge in [0.25, 0.3) is 5.91 Å². The quantitative estimate of drug-likeness (QED) is 0.413. The van der Waals surface area contributed by atoms with Crippen molar-refractivity contribution in [2.24, 2.45) is 11.1 Å².